The van der Waals surface area contributed by atoms with Gasteiger partial charge in [0.1, 0.15) is 11.6 Å². The number of benzene rings is 1. The summed E-state index contributed by atoms with van der Waals surface area (Å²) in [5.74, 6) is -1.26. The Hall–Kier alpha value is -1.14. The van der Waals surface area contributed by atoms with Gasteiger partial charge in [-0.3, -0.25) is 0 Å². The highest BCUT2D eigenvalue weighted by molar-refractivity contribution is 5.21. The van der Waals surface area contributed by atoms with Gasteiger partial charge in [0.15, 0.2) is 0 Å². The maximum Gasteiger partial charge on any atom is 0.251 e. The van der Waals surface area contributed by atoms with Crippen molar-refractivity contribution in [3.8, 4) is 0 Å². The molecule has 21 heavy (non-hydrogen) atoms. The molecule has 6 heteroatoms. The van der Waals surface area contributed by atoms with Gasteiger partial charge < -0.3 is 10.2 Å². The first-order valence-corrected chi connectivity index (χ1v) is 7.08. The predicted octanol–water partition coefficient (Wildman–Crippen LogP) is 3.59. The zero-order chi connectivity index (χ0) is 15.8. The van der Waals surface area contributed by atoms with E-state index in [1.807, 2.05) is 6.92 Å². The van der Waals surface area contributed by atoms with Crippen LogP contribution in [0.3, 0.4) is 0 Å². The highest BCUT2D eigenvalue weighted by Gasteiger charge is 2.15. The first kappa shape index (κ1) is 17.9. The molecular formula is C15H22F4N2. The summed E-state index contributed by atoms with van der Waals surface area (Å²) in [5.41, 5.74) is 0.506. The van der Waals surface area contributed by atoms with Gasteiger partial charge in [-0.15, -0.1) is 0 Å². The lowest BCUT2D eigenvalue weighted by Gasteiger charge is -2.23. The summed E-state index contributed by atoms with van der Waals surface area (Å²) in [6.07, 6.45) is -1.00. The summed E-state index contributed by atoms with van der Waals surface area (Å²) in [7, 11) is 1.61. The Balaban J connectivity index is 2.70. The molecule has 0 radical (unpaired) electrons. The monoisotopic (exact) mass is 306 g/mol. The molecule has 0 bridgehead atoms. The van der Waals surface area contributed by atoms with Gasteiger partial charge in [-0.25, -0.2) is 17.6 Å². The average Bonchev–Trinajstić information content (AvgIpc) is 2.36. The van der Waals surface area contributed by atoms with E-state index in [0.717, 1.165) is 12.5 Å². The van der Waals surface area contributed by atoms with Gasteiger partial charge in [0, 0.05) is 12.1 Å². The molecule has 0 saturated heterocycles. The zero-order valence-electron chi connectivity index (χ0n) is 12.4. The maximum atomic E-state index is 13.3. The lowest BCUT2D eigenvalue weighted by molar-refractivity contribution is 0.0984. The summed E-state index contributed by atoms with van der Waals surface area (Å²) in [5, 5.41) is 3.20. The SMILES string of the molecule is CCCNC(CCN(C)CC(F)F)c1cc(F)cc(F)c1. The van der Waals surface area contributed by atoms with Crippen molar-refractivity contribution in [2.75, 3.05) is 26.7 Å². The minimum absolute atomic E-state index is 0.254. The van der Waals surface area contributed by atoms with Crippen molar-refractivity contribution in [3.63, 3.8) is 0 Å². The molecule has 1 unspecified atom stereocenters. The van der Waals surface area contributed by atoms with Gasteiger partial charge in [-0.1, -0.05) is 6.92 Å². The Bertz CT molecular complexity index is 406. The minimum Gasteiger partial charge on any atom is -0.310 e. The summed E-state index contributed by atoms with van der Waals surface area (Å²) in [6.45, 7) is 2.79. The molecule has 0 aliphatic carbocycles. The second-order valence-corrected chi connectivity index (χ2v) is 5.15. The number of hydrogen-bond acceptors (Lipinski definition) is 2. The van der Waals surface area contributed by atoms with Gasteiger partial charge >= 0.3 is 0 Å². The molecule has 0 aromatic heterocycles. The molecule has 0 aliphatic rings. The number of alkyl halides is 2. The molecule has 0 aliphatic heterocycles. The molecule has 1 rings (SSSR count). The van der Waals surface area contributed by atoms with E-state index in [-0.39, 0.29) is 12.6 Å². The standard InChI is InChI=1S/C15H22F4N2/c1-3-5-20-14(4-6-21(2)10-15(18)19)11-7-12(16)9-13(17)8-11/h7-9,14-15,20H,3-6,10H2,1-2H3. The van der Waals surface area contributed by atoms with E-state index in [2.05, 4.69) is 5.32 Å². The van der Waals surface area contributed by atoms with Crippen molar-refractivity contribution >= 4 is 0 Å². The number of halogens is 4. The lowest BCUT2D eigenvalue weighted by atomic mass is 10.0. The third-order valence-electron chi connectivity index (χ3n) is 3.18. The highest BCUT2D eigenvalue weighted by atomic mass is 19.3. The highest BCUT2D eigenvalue weighted by Crippen LogP contribution is 2.20. The van der Waals surface area contributed by atoms with Gasteiger partial charge in [0.2, 0.25) is 0 Å². The summed E-state index contributed by atoms with van der Waals surface area (Å²) in [4.78, 5) is 1.51. The van der Waals surface area contributed by atoms with Gasteiger partial charge in [0.25, 0.3) is 6.43 Å². The van der Waals surface area contributed by atoms with Crippen LogP contribution in [-0.2, 0) is 0 Å². The molecule has 1 aromatic carbocycles. The molecule has 0 fully saturated rings. The largest absolute Gasteiger partial charge is 0.310 e. The predicted molar refractivity (Wildman–Crippen MR) is 75.5 cm³/mol. The molecule has 1 N–H and O–H groups in total. The Morgan fingerprint density at radius 2 is 1.76 bits per heavy atom. The van der Waals surface area contributed by atoms with Crippen LogP contribution in [0.4, 0.5) is 17.6 Å². The van der Waals surface area contributed by atoms with E-state index in [1.165, 1.54) is 17.0 Å². The van der Waals surface area contributed by atoms with Crippen molar-refractivity contribution in [1.29, 1.82) is 0 Å². The fourth-order valence-corrected chi connectivity index (χ4v) is 2.16. The molecule has 0 spiro atoms. The molecule has 0 saturated carbocycles. The van der Waals surface area contributed by atoms with Crippen LogP contribution < -0.4 is 5.32 Å². The van der Waals surface area contributed by atoms with Crippen molar-refractivity contribution in [3.05, 3.63) is 35.4 Å². The van der Waals surface area contributed by atoms with Crippen LogP contribution in [0.15, 0.2) is 18.2 Å². The van der Waals surface area contributed by atoms with E-state index < -0.39 is 18.1 Å². The number of nitrogens with zero attached hydrogens (tertiary/aromatic N) is 1. The Kier molecular flexibility index (Phi) is 7.67. The molecule has 1 atom stereocenters. The third kappa shape index (κ3) is 6.91. The Labute approximate surface area is 123 Å². The smallest absolute Gasteiger partial charge is 0.251 e. The van der Waals surface area contributed by atoms with Crippen LogP contribution in [0.5, 0.6) is 0 Å². The molecular weight excluding hydrogens is 284 g/mol. The summed E-state index contributed by atoms with van der Waals surface area (Å²) < 4.78 is 51.2. The first-order valence-electron chi connectivity index (χ1n) is 7.08. The van der Waals surface area contributed by atoms with Gasteiger partial charge in [-0.05, 0) is 50.7 Å². The molecule has 0 heterocycles. The van der Waals surface area contributed by atoms with Crippen LogP contribution in [0, 0.1) is 11.6 Å². The van der Waals surface area contributed by atoms with Gasteiger partial charge in [0.05, 0.1) is 6.54 Å². The fraction of sp³-hybridized carbons (Fsp3) is 0.600. The topological polar surface area (TPSA) is 15.3 Å². The van der Waals surface area contributed by atoms with Crippen LogP contribution >= 0.6 is 0 Å². The molecule has 2 nitrogen and oxygen atoms in total. The molecule has 1 aromatic rings. The first-order chi connectivity index (χ1) is 9.92. The Morgan fingerprint density at radius 3 is 2.29 bits per heavy atom. The summed E-state index contributed by atoms with van der Waals surface area (Å²) in [6, 6.07) is 3.13. The lowest BCUT2D eigenvalue weighted by Crippen LogP contribution is -2.30. The average molecular weight is 306 g/mol. The zero-order valence-corrected chi connectivity index (χ0v) is 12.4. The minimum atomic E-state index is -2.39. The molecule has 120 valence electrons. The van der Waals surface area contributed by atoms with E-state index >= 15 is 0 Å². The van der Waals surface area contributed by atoms with Crippen LogP contribution in [0.25, 0.3) is 0 Å². The van der Waals surface area contributed by atoms with Crippen LogP contribution in [0.1, 0.15) is 31.4 Å². The number of rotatable bonds is 9. The summed E-state index contributed by atoms with van der Waals surface area (Å²) >= 11 is 0. The quantitative estimate of drug-likeness (QED) is 0.701. The molecule has 0 amide bonds. The van der Waals surface area contributed by atoms with E-state index in [1.54, 1.807) is 7.05 Å². The van der Waals surface area contributed by atoms with Crippen molar-refractivity contribution < 1.29 is 17.6 Å². The second kappa shape index (κ2) is 9.00. The van der Waals surface area contributed by atoms with Crippen LogP contribution in [0.2, 0.25) is 0 Å². The number of nitrogens with one attached hydrogen (secondary N) is 1. The fourth-order valence-electron chi connectivity index (χ4n) is 2.16. The third-order valence-corrected chi connectivity index (χ3v) is 3.18. The van der Waals surface area contributed by atoms with Crippen molar-refractivity contribution in [2.24, 2.45) is 0 Å². The van der Waals surface area contributed by atoms with E-state index in [4.69, 9.17) is 0 Å². The Morgan fingerprint density at radius 1 is 1.14 bits per heavy atom. The van der Waals surface area contributed by atoms with E-state index in [0.29, 0.717) is 25.1 Å². The van der Waals surface area contributed by atoms with Crippen molar-refractivity contribution in [2.45, 2.75) is 32.2 Å². The number of hydrogen-bond donors (Lipinski definition) is 1. The van der Waals surface area contributed by atoms with Gasteiger partial charge in [-0.2, -0.15) is 0 Å². The van der Waals surface area contributed by atoms with Crippen molar-refractivity contribution in [1.82, 2.24) is 10.2 Å². The van der Waals surface area contributed by atoms with Crippen LogP contribution in [-0.4, -0.2) is 38.0 Å². The van der Waals surface area contributed by atoms with E-state index in [9.17, 15) is 17.6 Å². The maximum absolute atomic E-state index is 13.3. The normalized spacial score (nSPS) is 13.1. The second-order valence-electron chi connectivity index (χ2n) is 5.15.